The topological polar surface area (TPSA) is 87.9 Å². The standard InChI is InChI=1S/C32H41BrN4O3/c1-4-36(27-9-6-5-7-10-27)21-26-17-25(20-30(33)31(26)34)32(39)35-15-8-16-37(22(2)38)28-13-11-24-19-29(40-3)14-12-23(24)18-28/h11-14,17-20,27H,4-10,15-16,21,34H2,1-3H3,(H,35,39). The first kappa shape index (κ1) is 29.9. The lowest BCUT2D eigenvalue weighted by Crippen LogP contribution is -2.36. The molecule has 1 aliphatic carbocycles. The van der Waals surface area contributed by atoms with Gasteiger partial charge in [-0.1, -0.05) is 38.3 Å². The summed E-state index contributed by atoms with van der Waals surface area (Å²) in [7, 11) is 1.65. The maximum Gasteiger partial charge on any atom is 0.251 e. The lowest BCUT2D eigenvalue weighted by molar-refractivity contribution is -0.116. The van der Waals surface area contributed by atoms with E-state index in [4.69, 9.17) is 10.5 Å². The first-order chi connectivity index (χ1) is 19.3. The number of carbonyl (C=O) groups is 2. The molecule has 1 aliphatic rings. The molecule has 3 aromatic carbocycles. The highest BCUT2D eigenvalue weighted by atomic mass is 79.9. The van der Waals surface area contributed by atoms with E-state index in [1.54, 1.807) is 25.0 Å². The summed E-state index contributed by atoms with van der Waals surface area (Å²) >= 11 is 3.57. The van der Waals surface area contributed by atoms with Gasteiger partial charge < -0.3 is 20.7 Å². The van der Waals surface area contributed by atoms with Crippen molar-refractivity contribution in [1.29, 1.82) is 0 Å². The average Bonchev–Trinajstić information content (AvgIpc) is 2.97. The van der Waals surface area contributed by atoms with Crippen molar-refractivity contribution in [2.75, 3.05) is 37.4 Å². The first-order valence-corrected chi connectivity index (χ1v) is 15.1. The summed E-state index contributed by atoms with van der Waals surface area (Å²) in [5, 5.41) is 5.11. The zero-order chi connectivity index (χ0) is 28.6. The van der Waals surface area contributed by atoms with Crippen LogP contribution in [0.1, 0.15) is 68.3 Å². The number of nitrogens with one attached hydrogen (secondary N) is 1. The molecule has 0 atom stereocenters. The number of ether oxygens (including phenoxy) is 1. The van der Waals surface area contributed by atoms with Gasteiger partial charge in [-0.25, -0.2) is 0 Å². The van der Waals surface area contributed by atoms with Gasteiger partial charge >= 0.3 is 0 Å². The summed E-state index contributed by atoms with van der Waals surface area (Å²) in [4.78, 5) is 29.8. The molecule has 214 valence electrons. The highest BCUT2D eigenvalue weighted by Gasteiger charge is 2.22. The Balaban J connectivity index is 1.37. The SMILES string of the molecule is CCN(Cc1cc(C(=O)NCCCN(C(C)=O)c2ccc3cc(OC)ccc3c2)cc(Br)c1N)C1CCCCC1. The van der Waals surface area contributed by atoms with Crippen LogP contribution in [0.3, 0.4) is 0 Å². The first-order valence-electron chi connectivity index (χ1n) is 14.3. The Bertz CT molecular complexity index is 1340. The van der Waals surface area contributed by atoms with Crippen LogP contribution in [0, 0.1) is 0 Å². The molecular formula is C32H41BrN4O3. The third kappa shape index (κ3) is 7.34. The predicted octanol–water partition coefficient (Wildman–Crippen LogP) is 6.52. The molecule has 1 fully saturated rings. The Morgan fingerprint density at radius 2 is 1.77 bits per heavy atom. The number of nitrogens with zero attached hydrogens (tertiary/aromatic N) is 2. The Hall–Kier alpha value is -3.10. The number of nitrogen functional groups attached to an aromatic ring is 1. The van der Waals surface area contributed by atoms with Gasteiger partial charge in [0.25, 0.3) is 5.91 Å². The van der Waals surface area contributed by atoms with Crippen LogP contribution in [-0.2, 0) is 11.3 Å². The van der Waals surface area contributed by atoms with Gasteiger partial charge in [0.05, 0.1) is 12.8 Å². The highest BCUT2D eigenvalue weighted by Crippen LogP contribution is 2.30. The molecule has 0 radical (unpaired) electrons. The minimum atomic E-state index is -0.142. The molecule has 40 heavy (non-hydrogen) atoms. The van der Waals surface area contributed by atoms with E-state index in [-0.39, 0.29) is 11.8 Å². The molecule has 0 heterocycles. The van der Waals surface area contributed by atoms with Crippen molar-refractivity contribution in [2.24, 2.45) is 0 Å². The zero-order valence-corrected chi connectivity index (χ0v) is 25.4. The number of hydrogen-bond donors (Lipinski definition) is 2. The van der Waals surface area contributed by atoms with Crippen molar-refractivity contribution in [3.8, 4) is 5.75 Å². The van der Waals surface area contributed by atoms with Crippen molar-refractivity contribution in [3.05, 3.63) is 64.1 Å². The van der Waals surface area contributed by atoms with Crippen LogP contribution in [0.25, 0.3) is 10.8 Å². The molecule has 4 rings (SSSR count). The second kappa shape index (κ2) is 14.0. The summed E-state index contributed by atoms with van der Waals surface area (Å²) in [6.45, 7) is 6.40. The van der Waals surface area contributed by atoms with E-state index in [2.05, 4.69) is 33.1 Å². The van der Waals surface area contributed by atoms with Gasteiger partial charge in [-0.3, -0.25) is 14.5 Å². The largest absolute Gasteiger partial charge is 0.497 e. The summed E-state index contributed by atoms with van der Waals surface area (Å²) in [5.41, 5.74) is 9.51. The Labute approximate surface area is 246 Å². The number of amides is 2. The summed E-state index contributed by atoms with van der Waals surface area (Å²) < 4.78 is 6.05. The summed E-state index contributed by atoms with van der Waals surface area (Å²) in [6.07, 6.45) is 6.94. The van der Waals surface area contributed by atoms with Crippen LogP contribution in [-0.4, -0.2) is 49.5 Å². The fraction of sp³-hybridized carbons (Fsp3) is 0.438. The number of anilines is 2. The van der Waals surface area contributed by atoms with Crippen LogP contribution in [0.15, 0.2) is 53.0 Å². The van der Waals surface area contributed by atoms with E-state index in [0.29, 0.717) is 36.8 Å². The molecular weight excluding hydrogens is 568 g/mol. The average molecular weight is 610 g/mol. The molecule has 1 saturated carbocycles. The van der Waals surface area contributed by atoms with Gasteiger partial charge in [-0.15, -0.1) is 0 Å². The Morgan fingerprint density at radius 1 is 1.05 bits per heavy atom. The van der Waals surface area contributed by atoms with Crippen LogP contribution >= 0.6 is 15.9 Å². The van der Waals surface area contributed by atoms with Crippen molar-refractivity contribution in [1.82, 2.24) is 10.2 Å². The summed E-state index contributed by atoms with van der Waals surface area (Å²) in [5.74, 6) is 0.619. The number of halogens is 1. The lowest BCUT2D eigenvalue weighted by Gasteiger charge is -2.34. The van der Waals surface area contributed by atoms with Crippen molar-refractivity contribution < 1.29 is 14.3 Å². The van der Waals surface area contributed by atoms with Gasteiger partial charge in [0.2, 0.25) is 5.91 Å². The maximum atomic E-state index is 13.1. The smallest absolute Gasteiger partial charge is 0.251 e. The lowest BCUT2D eigenvalue weighted by atomic mass is 9.93. The Kier molecular flexibility index (Phi) is 10.5. The van der Waals surface area contributed by atoms with Gasteiger partial charge in [0, 0.05) is 48.3 Å². The van der Waals surface area contributed by atoms with Crippen LogP contribution in [0.2, 0.25) is 0 Å². The van der Waals surface area contributed by atoms with E-state index in [9.17, 15) is 9.59 Å². The molecule has 3 N–H and O–H groups in total. The monoisotopic (exact) mass is 608 g/mol. The van der Waals surface area contributed by atoms with Crippen molar-refractivity contribution in [2.45, 2.75) is 65.0 Å². The molecule has 0 bridgehead atoms. The van der Waals surface area contributed by atoms with E-state index in [1.807, 2.05) is 42.5 Å². The molecule has 7 nitrogen and oxygen atoms in total. The number of hydrogen-bond acceptors (Lipinski definition) is 5. The minimum absolute atomic E-state index is 0.0373. The molecule has 0 aromatic heterocycles. The van der Waals surface area contributed by atoms with E-state index in [0.717, 1.165) is 45.3 Å². The third-order valence-corrected chi connectivity index (χ3v) is 8.57. The second-order valence-corrected chi connectivity index (χ2v) is 11.4. The van der Waals surface area contributed by atoms with E-state index < -0.39 is 0 Å². The fourth-order valence-electron chi connectivity index (χ4n) is 5.62. The van der Waals surface area contributed by atoms with Crippen LogP contribution < -0.4 is 20.7 Å². The second-order valence-electron chi connectivity index (χ2n) is 10.6. The van der Waals surface area contributed by atoms with Crippen molar-refractivity contribution in [3.63, 3.8) is 0 Å². The van der Waals surface area contributed by atoms with Crippen LogP contribution in [0.5, 0.6) is 5.75 Å². The van der Waals surface area contributed by atoms with Gasteiger partial charge in [0.15, 0.2) is 0 Å². The number of benzene rings is 3. The number of rotatable bonds is 11. The van der Waals surface area contributed by atoms with E-state index in [1.165, 1.54) is 32.1 Å². The molecule has 3 aromatic rings. The Morgan fingerprint density at radius 3 is 2.48 bits per heavy atom. The molecule has 8 heteroatoms. The number of carbonyl (C=O) groups excluding carboxylic acids is 2. The number of methoxy groups -OCH3 is 1. The van der Waals surface area contributed by atoms with Gasteiger partial charge in [-0.2, -0.15) is 0 Å². The van der Waals surface area contributed by atoms with Crippen LogP contribution in [0.4, 0.5) is 11.4 Å². The fourth-order valence-corrected chi connectivity index (χ4v) is 6.12. The number of fused-ring (bicyclic) bond motifs is 1. The normalized spacial score (nSPS) is 13.9. The molecule has 2 amide bonds. The summed E-state index contributed by atoms with van der Waals surface area (Å²) in [6, 6.07) is 16.1. The van der Waals surface area contributed by atoms with Gasteiger partial charge in [0.1, 0.15) is 5.75 Å². The zero-order valence-electron chi connectivity index (χ0n) is 23.8. The maximum absolute atomic E-state index is 13.1. The molecule has 0 spiro atoms. The van der Waals surface area contributed by atoms with E-state index >= 15 is 0 Å². The minimum Gasteiger partial charge on any atom is -0.497 e. The molecule has 0 saturated heterocycles. The predicted molar refractivity (Wildman–Crippen MR) is 167 cm³/mol. The highest BCUT2D eigenvalue weighted by molar-refractivity contribution is 9.10. The molecule has 0 unspecified atom stereocenters. The number of nitrogens with two attached hydrogens (primary N) is 1. The van der Waals surface area contributed by atoms with Gasteiger partial charge in [-0.05, 0) is 94.5 Å². The third-order valence-electron chi connectivity index (χ3n) is 7.91. The molecule has 0 aliphatic heterocycles. The van der Waals surface area contributed by atoms with Crippen molar-refractivity contribution >= 4 is 49.9 Å². The quantitative estimate of drug-likeness (QED) is 0.191.